The Kier molecular flexibility index (Phi) is 8.04. The van der Waals surface area contributed by atoms with Crippen molar-refractivity contribution in [3.8, 4) is 0 Å². The van der Waals surface area contributed by atoms with Crippen molar-refractivity contribution >= 4 is 23.3 Å². The summed E-state index contributed by atoms with van der Waals surface area (Å²) < 4.78 is 28.0. The molecule has 1 aromatic carbocycles. The molecule has 0 saturated heterocycles. The molecule has 0 spiro atoms. The van der Waals surface area contributed by atoms with E-state index < -0.39 is 36.1 Å². The molecule has 3 N–H and O–H groups in total. The number of aryl methyl sites for hydroxylation is 1. The number of alkyl halides is 1. The monoisotopic (exact) mass is 435 g/mol. The normalized spacial score (nSPS) is 11.8. The number of halogens is 2. The van der Waals surface area contributed by atoms with Crippen molar-refractivity contribution in [3.63, 3.8) is 0 Å². The van der Waals surface area contributed by atoms with Crippen molar-refractivity contribution in [2.75, 3.05) is 18.6 Å². The molecule has 2 rings (SSSR count). The van der Waals surface area contributed by atoms with Crippen LogP contribution in [0.4, 0.5) is 14.5 Å². The molecule has 9 heteroatoms. The lowest BCUT2D eigenvalue weighted by Crippen LogP contribution is -2.41. The molecule has 1 atom stereocenters. The lowest BCUT2D eigenvalue weighted by molar-refractivity contribution is -0.118. The van der Waals surface area contributed by atoms with Crippen molar-refractivity contribution < 1.29 is 28.3 Å². The van der Waals surface area contributed by atoms with Crippen molar-refractivity contribution in [2.24, 2.45) is 0 Å². The van der Waals surface area contributed by atoms with Crippen LogP contribution >= 0.6 is 0 Å². The van der Waals surface area contributed by atoms with Gasteiger partial charge in [0.2, 0.25) is 0 Å². The summed E-state index contributed by atoms with van der Waals surface area (Å²) in [6.45, 7) is 5.03. The zero-order valence-corrected chi connectivity index (χ0v) is 18.0. The van der Waals surface area contributed by atoms with E-state index in [1.54, 1.807) is 20.8 Å². The van der Waals surface area contributed by atoms with Gasteiger partial charge < -0.3 is 20.3 Å². The maximum absolute atomic E-state index is 13.5. The first-order valence-corrected chi connectivity index (χ1v) is 9.95. The van der Waals surface area contributed by atoms with Crippen LogP contribution in [0.2, 0.25) is 0 Å². The number of nitrogens with zero attached hydrogens (tertiary/aromatic N) is 1. The average molecular weight is 435 g/mol. The van der Waals surface area contributed by atoms with E-state index in [1.807, 2.05) is 0 Å². The first-order chi connectivity index (χ1) is 14.7. The number of hydrogen-bond acceptors (Lipinski definition) is 4. The summed E-state index contributed by atoms with van der Waals surface area (Å²) in [6, 6.07) is 3.51. The second kappa shape index (κ2) is 10.3. The minimum absolute atomic E-state index is 0.0825. The number of Topliss-reactive ketones (excluding diaryl/α,β-unsaturated/α-hetero) is 1. The third kappa shape index (κ3) is 5.16. The van der Waals surface area contributed by atoms with Gasteiger partial charge in [-0.05, 0) is 56.5 Å². The van der Waals surface area contributed by atoms with Crippen LogP contribution in [0.1, 0.15) is 51.0 Å². The van der Waals surface area contributed by atoms with Crippen LogP contribution in [-0.4, -0.2) is 46.6 Å². The maximum atomic E-state index is 13.5. The van der Waals surface area contributed by atoms with E-state index in [9.17, 15) is 28.3 Å². The Morgan fingerprint density at radius 1 is 1.19 bits per heavy atom. The minimum atomic E-state index is -0.942. The summed E-state index contributed by atoms with van der Waals surface area (Å²) in [5.41, 5.74) is 1.33. The maximum Gasteiger partial charge on any atom is 0.294 e. The Balaban J connectivity index is 2.43. The standard InChI is InChI=1S/C22H27F2N3O4/c1-5-15(11-28)25-22(31)20(29)19-13(3)18(14(4)27(19)9-8-23)21(30)26-16-6-7-17(24)12(2)10-16/h6-7,10,15,28H,5,8-9,11H2,1-4H3,(H,25,31)(H,26,30)/t15-/m0/s1. The van der Waals surface area contributed by atoms with Crippen molar-refractivity contribution in [2.45, 2.75) is 46.7 Å². The van der Waals surface area contributed by atoms with Gasteiger partial charge in [-0.15, -0.1) is 0 Å². The molecule has 2 aromatic rings. The molecule has 1 aromatic heterocycles. The van der Waals surface area contributed by atoms with E-state index in [4.69, 9.17) is 0 Å². The topological polar surface area (TPSA) is 100 Å². The lowest BCUT2D eigenvalue weighted by atomic mass is 10.1. The van der Waals surface area contributed by atoms with Crippen molar-refractivity contribution in [1.29, 1.82) is 0 Å². The molecule has 0 fully saturated rings. The van der Waals surface area contributed by atoms with Gasteiger partial charge in [0.05, 0.1) is 30.5 Å². The van der Waals surface area contributed by atoms with Gasteiger partial charge in [-0.3, -0.25) is 14.4 Å². The smallest absolute Gasteiger partial charge is 0.294 e. The molecular weight excluding hydrogens is 408 g/mol. The van der Waals surface area contributed by atoms with Crippen molar-refractivity contribution in [1.82, 2.24) is 9.88 Å². The number of aliphatic hydroxyl groups excluding tert-OH is 1. The van der Waals surface area contributed by atoms with Gasteiger partial charge in [-0.25, -0.2) is 8.78 Å². The molecule has 0 unspecified atom stereocenters. The van der Waals surface area contributed by atoms with Crippen LogP contribution < -0.4 is 10.6 Å². The van der Waals surface area contributed by atoms with Gasteiger partial charge in [-0.2, -0.15) is 0 Å². The summed E-state index contributed by atoms with van der Waals surface area (Å²) >= 11 is 0. The van der Waals surface area contributed by atoms with Crippen LogP contribution in [0.3, 0.4) is 0 Å². The average Bonchev–Trinajstić information content (AvgIpc) is 2.98. The van der Waals surface area contributed by atoms with Crippen LogP contribution in [0.25, 0.3) is 0 Å². The van der Waals surface area contributed by atoms with E-state index in [1.165, 1.54) is 29.7 Å². The molecule has 0 aliphatic heterocycles. The van der Waals surface area contributed by atoms with Gasteiger partial charge in [0.15, 0.2) is 0 Å². The van der Waals surface area contributed by atoms with Gasteiger partial charge in [0.25, 0.3) is 17.6 Å². The van der Waals surface area contributed by atoms with E-state index in [2.05, 4.69) is 10.6 Å². The van der Waals surface area contributed by atoms with Gasteiger partial charge in [0, 0.05) is 11.4 Å². The van der Waals surface area contributed by atoms with E-state index >= 15 is 0 Å². The second-order valence-corrected chi connectivity index (χ2v) is 7.28. The minimum Gasteiger partial charge on any atom is -0.394 e. The highest BCUT2D eigenvalue weighted by Crippen LogP contribution is 2.25. The quantitative estimate of drug-likeness (QED) is 0.417. The van der Waals surface area contributed by atoms with Gasteiger partial charge in [-0.1, -0.05) is 6.92 Å². The number of anilines is 1. The molecule has 7 nitrogen and oxygen atoms in total. The summed E-state index contributed by atoms with van der Waals surface area (Å²) in [4.78, 5) is 38.2. The highest BCUT2D eigenvalue weighted by atomic mass is 19.1. The Hall–Kier alpha value is -3.07. The Bertz CT molecular complexity index is 997. The Morgan fingerprint density at radius 2 is 1.87 bits per heavy atom. The fraction of sp³-hybridized carbons (Fsp3) is 0.409. The number of carbonyl (C=O) groups is 3. The largest absolute Gasteiger partial charge is 0.394 e. The summed E-state index contributed by atoms with van der Waals surface area (Å²) in [7, 11) is 0. The fourth-order valence-corrected chi connectivity index (χ4v) is 3.44. The number of aromatic nitrogens is 1. The molecule has 0 aliphatic rings. The lowest BCUT2D eigenvalue weighted by Gasteiger charge is -2.14. The van der Waals surface area contributed by atoms with Gasteiger partial charge in [0.1, 0.15) is 12.5 Å². The highest BCUT2D eigenvalue weighted by Gasteiger charge is 2.30. The summed E-state index contributed by atoms with van der Waals surface area (Å²) in [5, 5.41) is 14.4. The molecular formula is C22H27F2N3O4. The third-order valence-electron chi connectivity index (χ3n) is 5.19. The number of ketones is 1. The molecule has 31 heavy (non-hydrogen) atoms. The Labute approximate surface area is 179 Å². The van der Waals surface area contributed by atoms with Crippen LogP contribution in [0.15, 0.2) is 18.2 Å². The number of aliphatic hydroxyl groups is 1. The van der Waals surface area contributed by atoms with Crippen LogP contribution in [0, 0.1) is 26.6 Å². The van der Waals surface area contributed by atoms with Crippen molar-refractivity contribution in [3.05, 3.63) is 52.1 Å². The number of rotatable bonds is 9. The van der Waals surface area contributed by atoms with E-state index in [0.717, 1.165) is 0 Å². The molecule has 2 amide bonds. The first kappa shape index (κ1) is 24.2. The third-order valence-corrected chi connectivity index (χ3v) is 5.19. The molecule has 0 aliphatic carbocycles. The summed E-state index contributed by atoms with van der Waals surface area (Å²) in [6.07, 6.45) is 0.420. The highest BCUT2D eigenvalue weighted by molar-refractivity contribution is 6.43. The predicted octanol–water partition coefficient (Wildman–Crippen LogP) is 2.84. The number of benzene rings is 1. The van der Waals surface area contributed by atoms with Gasteiger partial charge >= 0.3 is 0 Å². The zero-order chi connectivity index (χ0) is 23.3. The van der Waals surface area contributed by atoms with Crippen LogP contribution in [-0.2, 0) is 11.3 Å². The zero-order valence-electron chi connectivity index (χ0n) is 18.0. The Morgan fingerprint density at radius 3 is 2.42 bits per heavy atom. The number of hydrogen-bond donors (Lipinski definition) is 3. The van der Waals surface area contributed by atoms with E-state index in [0.29, 0.717) is 23.4 Å². The SMILES string of the molecule is CC[C@@H](CO)NC(=O)C(=O)c1c(C)c(C(=O)Nc2ccc(F)c(C)c2)c(C)n1CCF. The molecule has 1 heterocycles. The van der Waals surface area contributed by atoms with Crippen LogP contribution in [0.5, 0.6) is 0 Å². The number of carbonyl (C=O) groups excluding carboxylic acids is 3. The first-order valence-electron chi connectivity index (χ1n) is 9.95. The molecule has 0 saturated carbocycles. The van der Waals surface area contributed by atoms with E-state index in [-0.39, 0.29) is 30.0 Å². The molecule has 0 radical (unpaired) electrons. The number of nitrogens with one attached hydrogen (secondary N) is 2. The fourth-order valence-electron chi connectivity index (χ4n) is 3.44. The molecule has 168 valence electrons. The molecule has 0 bridgehead atoms. The number of amides is 2. The predicted molar refractivity (Wildman–Crippen MR) is 113 cm³/mol. The summed E-state index contributed by atoms with van der Waals surface area (Å²) in [5.74, 6) is -2.83. The second-order valence-electron chi connectivity index (χ2n) is 7.28.